The van der Waals surface area contributed by atoms with Gasteiger partial charge in [0.15, 0.2) is 0 Å². The third-order valence-electron chi connectivity index (χ3n) is 7.66. The van der Waals surface area contributed by atoms with Crippen molar-refractivity contribution < 1.29 is 0 Å². The molecule has 2 heterocycles. The molecule has 0 N–H and O–H groups in total. The fourth-order valence-electron chi connectivity index (χ4n) is 5.41. The van der Waals surface area contributed by atoms with Crippen LogP contribution in [0.1, 0.15) is 0 Å². The lowest BCUT2D eigenvalue weighted by Crippen LogP contribution is -1.89. The van der Waals surface area contributed by atoms with Gasteiger partial charge in [0.25, 0.3) is 0 Å². The van der Waals surface area contributed by atoms with E-state index in [1.165, 1.54) is 44.5 Å². The number of hydrogen-bond acceptors (Lipinski definition) is 2. The Kier molecular flexibility index (Phi) is 6.94. The Balaban J connectivity index is 1.29. The summed E-state index contributed by atoms with van der Waals surface area (Å²) in [6.07, 6.45) is 3.67. The van der Waals surface area contributed by atoms with Gasteiger partial charge >= 0.3 is 0 Å². The lowest BCUT2D eigenvalue weighted by atomic mass is 9.90. The molecule has 0 saturated carbocycles. The molecular formula is C40H28N2. The summed E-state index contributed by atoms with van der Waals surface area (Å²) in [5.74, 6) is 0. The third kappa shape index (κ3) is 5.26. The molecule has 5 aromatic carbocycles. The van der Waals surface area contributed by atoms with Crippen molar-refractivity contribution in [3.8, 4) is 67.0 Å². The largest absolute Gasteiger partial charge is 0.256 e. The topological polar surface area (TPSA) is 25.8 Å². The first-order chi connectivity index (χ1) is 20.8. The number of pyridine rings is 2. The molecule has 0 spiro atoms. The van der Waals surface area contributed by atoms with E-state index >= 15 is 0 Å². The smallest absolute Gasteiger partial charge is 0.0701 e. The van der Waals surface area contributed by atoms with Gasteiger partial charge in [0.1, 0.15) is 0 Å². The van der Waals surface area contributed by atoms with E-state index in [-0.39, 0.29) is 0 Å². The van der Waals surface area contributed by atoms with Crippen LogP contribution in [0.4, 0.5) is 0 Å². The maximum absolute atomic E-state index is 4.53. The summed E-state index contributed by atoms with van der Waals surface area (Å²) in [7, 11) is 0. The van der Waals surface area contributed by atoms with Crippen LogP contribution in [0.3, 0.4) is 0 Å². The third-order valence-corrected chi connectivity index (χ3v) is 7.66. The SMILES string of the molecule is c1ccc(-c2ccc(-c3ccc(-c4ccc(-c5ccccn5)cc4)c(-c4ccc(-c5ccccn5)cc4)c3)cc2)cc1. The van der Waals surface area contributed by atoms with Crippen LogP contribution < -0.4 is 0 Å². The van der Waals surface area contributed by atoms with Crippen molar-refractivity contribution in [1.29, 1.82) is 0 Å². The van der Waals surface area contributed by atoms with Gasteiger partial charge < -0.3 is 0 Å². The van der Waals surface area contributed by atoms with Crippen molar-refractivity contribution in [2.24, 2.45) is 0 Å². The fourth-order valence-corrected chi connectivity index (χ4v) is 5.41. The van der Waals surface area contributed by atoms with E-state index in [9.17, 15) is 0 Å². The molecule has 0 fully saturated rings. The van der Waals surface area contributed by atoms with E-state index in [1.807, 2.05) is 48.8 Å². The molecule has 198 valence electrons. The quantitative estimate of drug-likeness (QED) is 0.211. The van der Waals surface area contributed by atoms with Gasteiger partial charge in [0.05, 0.1) is 11.4 Å². The van der Waals surface area contributed by atoms with Gasteiger partial charge in [0.2, 0.25) is 0 Å². The van der Waals surface area contributed by atoms with Gasteiger partial charge in [-0.3, -0.25) is 9.97 Å². The summed E-state index contributed by atoms with van der Waals surface area (Å²) in [5.41, 5.74) is 13.7. The first-order valence-corrected chi connectivity index (χ1v) is 14.2. The minimum absolute atomic E-state index is 0.974. The highest BCUT2D eigenvalue weighted by atomic mass is 14.7. The molecule has 0 unspecified atom stereocenters. The average Bonchev–Trinajstić information content (AvgIpc) is 3.09. The minimum Gasteiger partial charge on any atom is -0.256 e. The van der Waals surface area contributed by atoms with Gasteiger partial charge in [-0.15, -0.1) is 0 Å². The average molecular weight is 537 g/mol. The predicted molar refractivity (Wildman–Crippen MR) is 175 cm³/mol. The zero-order valence-corrected chi connectivity index (χ0v) is 23.1. The Labute approximate surface area is 246 Å². The second-order valence-electron chi connectivity index (χ2n) is 10.3. The molecule has 0 aliphatic carbocycles. The summed E-state index contributed by atoms with van der Waals surface area (Å²) in [6.45, 7) is 0. The van der Waals surface area contributed by atoms with Crippen molar-refractivity contribution in [1.82, 2.24) is 9.97 Å². The summed E-state index contributed by atoms with van der Waals surface area (Å²) < 4.78 is 0. The Bertz CT molecular complexity index is 1910. The van der Waals surface area contributed by atoms with Crippen LogP contribution in [-0.4, -0.2) is 9.97 Å². The van der Waals surface area contributed by atoms with E-state index < -0.39 is 0 Å². The summed E-state index contributed by atoms with van der Waals surface area (Å²) in [5, 5.41) is 0. The summed E-state index contributed by atoms with van der Waals surface area (Å²) >= 11 is 0. The Morgan fingerprint density at radius 1 is 0.262 bits per heavy atom. The Morgan fingerprint density at radius 3 is 1.19 bits per heavy atom. The molecule has 7 aromatic rings. The van der Waals surface area contributed by atoms with Crippen LogP contribution in [0.2, 0.25) is 0 Å². The van der Waals surface area contributed by atoms with Gasteiger partial charge in [-0.25, -0.2) is 0 Å². The van der Waals surface area contributed by atoms with Crippen molar-refractivity contribution in [3.05, 3.63) is 170 Å². The van der Waals surface area contributed by atoms with Gasteiger partial charge in [-0.05, 0) is 74.8 Å². The van der Waals surface area contributed by atoms with Gasteiger partial charge in [-0.2, -0.15) is 0 Å². The molecule has 0 atom stereocenters. The van der Waals surface area contributed by atoms with Crippen LogP contribution in [-0.2, 0) is 0 Å². The zero-order chi connectivity index (χ0) is 28.1. The van der Waals surface area contributed by atoms with Crippen LogP contribution in [0.5, 0.6) is 0 Å². The monoisotopic (exact) mass is 536 g/mol. The van der Waals surface area contributed by atoms with Gasteiger partial charge in [0, 0.05) is 23.5 Å². The first-order valence-electron chi connectivity index (χ1n) is 14.2. The molecule has 0 bridgehead atoms. The molecule has 0 radical (unpaired) electrons. The molecule has 0 aliphatic heterocycles. The van der Waals surface area contributed by atoms with E-state index in [4.69, 9.17) is 0 Å². The molecule has 42 heavy (non-hydrogen) atoms. The number of aromatic nitrogens is 2. The second-order valence-corrected chi connectivity index (χ2v) is 10.3. The maximum atomic E-state index is 4.53. The normalized spacial score (nSPS) is 10.9. The molecule has 2 nitrogen and oxygen atoms in total. The fraction of sp³-hybridized carbons (Fsp3) is 0. The lowest BCUT2D eigenvalue weighted by molar-refractivity contribution is 1.33. The standard InChI is InChI=1S/C40H28N2/c1-2-8-29(9-3-1)30-12-14-31(15-13-30)36-24-25-37(32-16-20-34(21-17-32)39-10-4-6-26-41-39)38(28-36)33-18-22-35(23-19-33)40-11-5-7-27-42-40/h1-28H. The van der Waals surface area contributed by atoms with Crippen LogP contribution in [0.25, 0.3) is 67.0 Å². The minimum atomic E-state index is 0.974. The summed E-state index contributed by atoms with van der Waals surface area (Å²) in [6, 6.07) is 55.6. The van der Waals surface area contributed by atoms with E-state index in [0.717, 1.165) is 22.5 Å². The molecule has 0 aliphatic rings. The Hall–Kier alpha value is -5.60. The Morgan fingerprint density at radius 2 is 0.667 bits per heavy atom. The van der Waals surface area contributed by atoms with Crippen LogP contribution in [0.15, 0.2) is 170 Å². The molecule has 0 saturated heterocycles. The number of rotatable bonds is 6. The van der Waals surface area contributed by atoms with Crippen molar-refractivity contribution in [2.45, 2.75) is 0 Å². The van der Waals surface area contributed by atoms with E-state index in [2.05, 4.69) is 131 Å². The zero-order valence-electron chi connectivity index (χ0n) is 23.1. The number of hydrogen-bond donors (Lipinski definition) is 0. The van der Waals surface area contributed by atoms with E-state index in [0.29, 0.717) is 0 Å². The number of benzene rings is 5. The number of nitrogens with zero attached hydrogens (tertiary/aromatic N) is 2. The van der Waals surface area contributed by atoms with Crippen LogP contribution in [0, 0.1) is 0 Å². The molecule has 2 heteroatoms. The summed E-state index contributed by atoms with van der Waals surface area (Å²) in [4.78, 5) is 9.04. The second kappa shape index (κ2) is 11.5. The maximum Gasteiger partial charge on any atom is 0.0701 e. The molecule has 7 rings (SSSR count). The lowest BCUT2D eigenvalue weighted by Gasteiger charge is -2.15. The highest BCUT2D eigenvalue weighted by molar-refractivity contribution is 5.88. The highest BCUT2D eigenvalue weighted by Crippen LogP contribution is 2.37. The van der Waals surface area contributed by atoms with Gasteiger partial charge in [-0.1, -0.05) is 127 Å². The molecule has 2 aromatic heterocycles. The first kappa shape index (κ1) is 25.4. The highest BCUT2D eigenvalue weighted by Gasteiger charge is 2.12. The van der Waals surface area contributed by atoms with Crippen LogP contribution >= 0.6 is 0 Å². The van der Waals surface area contributed by atoms with Crippen molar-refractivity contribution >= 4 is 0 Å². The predicted octanol–water partition coefficient (Wildman–Crippen LogP) is 10.5. The van der Waals surface area contributed by atoms with E-state index in [1.54, 1.807) is 0 Å². The molecular weight excluding hydrogens is 508 g/mol. The van der Waals surface area contributed by atoms with Crippen molar-refractivity contribution in [3.63, 3.8) is 0 Å². The van der Waals surface area contributed by atoms with Crippen molar-refractivity contribution in [2.75, 3.05) is 0 Å². The molecule has 0 amide bonds.